The van der Waals surface area contributed by atoms with Crippen molar-refractivity contribution in [2.45, 2.75) is 33.1 Å². The quantitative estimate of drug-likeness (QED) is 0.582. The minimum Gasteiger partial charge on any atom is -0.300 e. The van der Waals surface area contributed by atoms with Crippen LogP contribution >= 0.6 is 0 Å². The Morgan fingerprint density at radius 1 is 1.60 bits per heavy atom. The highest BCUT2D eigenvalue weighted by molar-refractivity contribution is 5.78. The molecule has 0 N–H and O–H groups in total. The molecule has 10 heavy (non-hydrogen) atoms. The minimum atomic E-state index is -0.302. The lowest BCUT2D eigenvalue weighted by atomic mass is 9.97. The molecule has 0 aromatic carbocycles. The van der Waals surface area contributed by atoms with E-state index in [1.807, 2.05) is 6.92 Å². The molecular formula is C8H15FO. The van der Waals surface area contributed by atoms with Gasteiger partial charge in [-0.05, 0) is 26.2 Å². The minimum absolute atomic E-state index is 0.0933. The highest BCUT2D eigenvalue weighted by Gasteiger charge is 2.09. The fourth-order valence-corrected chi connectivity index (χ4v) is 1.02. The molecule has 0 fully saturated rings. The summed E-state index contributed by atoms with van der Waals surface area (Å²) < 4.78 is 11.6. The molecule has 0 aliphatic carbocycles. The molecule has 0 amide bonds. The Morgan fingerprint density at radius 3 is 2.50 bits per heavy atom. The van der Waals surface area contributed by atoms with Gasteiger partial charge in [-0.25, -0.2) is 0 Å². The van der Waals surface area contributed by atoms with Crippen molar-refractivity contribution in [3.63, 3.8) is 0 Å². The topological polar surface area (TPSA) is 17.1 Å². The molecular weight excluding hydrogens is 131 g/mol. The summed E-state index contributed by atoms with van der Waals surface area (Å²) in [5, 5.41) is 0. The first-order chi connectivity index (χ1) is 4.72. The smallest absolute Gasteiger partial charge is 0.132 e. The van der Waals surface area contributed by atoms with Crippen molar-refractivity contribution in [1.29, 1.82) is 0 Å². The number of rotatable bonds is 5. The Hall–Kier alpha value is -0.400. The summed E-state index contributed by atoms with van der Waals surface area (Å²) in [4.78, 5) is 10.8. The molecule has 0 aromatic rings. The van der Waals surface area contributed by atoms with Crippen LogP contribution in [0, 0.1) is 5.92 Å². The van der Waals surface area contributed by atoms with E-state index in [9.17, 15) is 9.18 Å². The number of carbonyl (C=O) groups is 1. The Balaban J connectivity index is 3.50. The van der Waals surface area contributed by atoms with Gasteiger partial charge in [0.15, 0.2) is 0 Å². The van der Waals surface area contributed by atoms with Crippen molar-refractivity contribution in [3.05, 3.63) is 0 Å². The third kappa shape index (κ3) is 3.59. The summed E-state index contributed by atoms with van der Waals surface area (Å²) in [5.74, 6) is 0.284. The van der Waals surface area contributed by atoms with Crippen LogP contribution in [0.4, 0.5) is 4.39 Å². The van der Waals surface area contributed by atoms with Gasteiger partial charge in [0.1, 0.15) is 5.78 Å². The van der Waals surface area contributed by atoms with Gasteiger partial charge in [-0.1, -0.05) is 6.92 Å². The van der Waals surface area contributed by atoms with Gasteiger partial charge in [-0.2, -0.15) is 0 Å². The average Bonchev–Trinajstić information content (AvgIpc) is 1.89. The number of alkyl halides is 1. The molecule has 1 atom stereocenters. The Bertz CT molecular complexity index is 101. The molecule has 0 aliphatic rings. The maximum atomic E-state index is 11.6. The number of carbonyl (C=O) groups excluding carboxylic acids is 1. The van der Waals surface area contributed by atoms with E-state index in [4.69, 9.17) is 0 Å². The van der Waals surface area contributed by atoms with Gasteiger partial charge in [0.25, 0.3) is 0 Å². The standard InChI is InChI=1S/C8H15FO/c1-3-8(7(2)10)5-4-6-9/h8H,3-6H2,1-2H3. The fourth-order valence-electron chi connectivity index (χ4n) is 1.02. The van der Waals surface area contributed by atoms with Gasteiger partial charge >= 0.3 is 0 Å². The Labute approximate surface area is 61.6 Å². The normalized spacial score (nSPS) is 13.1. The number of Topliss-reactive ketones (excluding diaryl/α,β-unsaturated/α-hetero) is 1. The lowest BCUT2D eigenvalue weighted by Crippen LogP contribution is -2.09. The van der Waals surface area contributed by atoms with Crippen molar-refractivity contribution < 1.29 is 9.18 Å². The number of ketones is 1. The molecule has 0 radical (unpaired) electrons. The first-order valence-electron chi connectivity index (χ1n) is 3.78. The molecule has 2 heteroatoms. The van der Waals surface area contributed by atoms with Crippen molar-refractivity contribution in [2.75, 3.05) is 6.67 Å². The predicted molar refractivity (Wildman–Crippen MR) is 39.7 cm³/mol. The zero-order valence-electron chi connectivity index (χ0n) is 6.69. The molecule has 0 rings (SSSR count). The summed E-state index contributed by atoms with van der Waals surface area (Å²) in [5.41, 5.74) is 0. The van der Waals surface area contributed by atoms with Gasteiger partial charge in [0.2, 0.25) is 0 Å². The van der Waals surface area contributed by atoms with Gasteiger partial charge in [0.05, 0.1) is 6.67 Å². The van der Waals surface area contributed by atoms with Crippen LogP contribution < -0.4 is 0 Å². The van der Waals surface area contributed by atoms with Crippen LogP contribution in [-0.4, -0.2) is 12.5 Å². The SMILES string of the molecule is CCC(CCCF)C(C)=O. The maximum Gasteiger partial charge on any atom is 0.132 e. The van der Waals surface area contributed by atoms with E-state index in [1.54, 1.807) is 6.92 Å². The molecule has 1 nitrogen and oxygen atoms in total. The first kappa shape index (κ1) is 9.60. The molecule has 0 spiro atoms. The Morgan fingerprint density at radius 2 is 2.20 bits per heavy atom. The second-order valence-corrected chi connectivity index (χ2v) is 2.55. The Kier molecular flexibility index (Phi) is 5.17. The summed E-state index contributed by atoms with van der Waals surface area (Å²) in [7, 11) is 0. The van der Waals surface area contributed by atoms with Crippen molar-refractivity contribution >= 4 is 5.78 Å². The van der Waals surface area contributed by atoms with E-state index in [0.717, 1.165) is 6.42 Å². The van der Waals surface area contributed by atoms with Crippen LogP contribution in [0.1, 0.15) is 33.1 Å². The zero-order valence-corrected chi connectivity index (χ0v) is 6.69. The molecule has 0 aliphatic heterocycles. The number of halogens is 1. The predicted octanol–water partition coefficient (Wildman–Crippen LogP) is 2.35. The van der Waals surface area contributed by atoms with Crippen LogP contribution in [0.25, 0.3) is 0 Å². The van der Waals surface area contributed by atoms with Crippen LogP contribution in [0.5, 0.6) is 0 Å². The lowest BCUT2D eigenvalue weighted by Gasteiger charge is -2.07. The second-order valence-electron chi connectivity index (χ2n) is 2.55. The van der Waals surface area contributed by atoms with Crippen molar-refractivity contribution in [1.82, 2.24) is 0 Å². The molecule has 0 heterocycles. The zero-order chi connectivity index (χ0) is 7.98. The van der Waals surface area contributed by atoms with Crippen LogP contribution in [-0.2, 0) is 4.79 Å². The number of hydrogen-bond donors (Lipinski definition) is 0. The molecule has 1 unspecified atom stereocenters. The maximum absolute atomic E-state index is 11.6. The first-order valence-corrected chi connectivity index (χ1v) is 3.78. The van der Waals surface area contributed by atoms with Crippen molar-refractivity contribution in [3.8, 4) is 0 Å². The van der Waals surface area contributed by atoms with Gasteiger partial charge < -0.3 is 0 Å². The van der Waals surface area contributed by atoms with E-state index in [1.165, 1.54) is 0 Å². The fraction of sp³-hybridized carbons (Fsp3) is 0.875. The molecule has 0 saturated heterocycles. The average molecular weight is 146 g/mol. The largest absolute Gasteiger partial charge is 0.300 e. The van der Waals surface area contributed by atoms with E-state index in [0.29, 0.717) is 12.8 Å². The van der Waals surface area contributed by atoms with E-state index in [-0.39, 0.29) is 18.4 Å². The summed E-state index contributed by atoms with van der Waals surface area (Å²) in [6.45, 7) is 3.24. The van der Waals surface area contributed by atoms with E-state index >= 15 is 0 Å². The highest BCUT2D eigenvalue weighted by atomic mass is 19.1. The van der Waals surface area contributed by atoms with E-state index < -0.39 is 0 Å². The van der Waals surface area contributed by atoms with E-state index in [2.05, 4.69) is 0 Å². The van der Waals surface area contributed by atoms with Gasteiger partial charge in [-0.3, -0.25) is 9.18 Å². The summed E-state index contributed by atoms with van der Waals surface area (Å²) >= 11 is 0. The van der Waals surface area contributed by atoms with Crippen LogP contribution in [0.15, 0.2) is 0 Å². The third-order valence-corrected chi connectivity index (χ3v) is 1.75. The van der Waals surface area contributed by atoms with Gasteiger partial charge in [0, 0.05) is 5.92 Å². The van der Waals surface area contributed by atoms with Crippen LogP contribution in [0.3, 0.4) is 0 Å². The summed E-state index contributed by atoms with van der Waals surface area (Å²) in [6.07, 6.45) is 2.08. The second kappa shape index (κ2) is 5.39. The highest BCUT2D eigenvalue weighted by Crippen LogP contribution is 2.11. The molecule has 0 bridgehead atoms. The molecule has 60 valence electrons. The van der Waals surface area contributed by atoms with Gasteiger partial charge in [-0.15, -0.1) is 0 Å². The lowest BCUT2D eigenvalue weighted by molar-refractivity contribution is -0.121. The van der Waals surface area contributed by atoms with Crippen molar-refractivity contribution in [2.24, 2.45) is 5.92 Å². The van der Waals surface area contributed by atoms with Crippen LogP contribution in [0.2, 0.25) is 0 Å². The third-order valence-electron chi connectivity index (χ3n) is 1.75. The summed E-state index contributed by atoms with van der Waals surface area (Å²) in [6, 6.07) is 0. The molecule has 0 saturated carbocycles. The monoisotopic (exact) mass is 146 g/mol. The number of hydrogen-bond acceptors (Lipinski definition) is 1. The molecule has 0 aromatic heterocycles.